The summed E-state index contributed by atoms with van der Waals surface area (Å²) in [7, 11) is 0. The van der Waals surface area contributed by atoms with Crippen molar-refractivity contribution in [2.24, 2.45) is 0 Å². The van der Waals surface area contributed by atoms with Gasteiger partial charge in [-0.25, -0.2) is 0 Å². The lowest BCUT2D eigenvalue weighted by Crippen LogP contribution is -2.42. The topological polar surface area (TPSA) is 25.2 Å². The smallest absolute Gasteiger partial charge is 0.255 e. The van der Waals surface area contributed by atoms with Gasteiger partial charge in [-0.1, -0.05) is 60.7 Å². The molecule has 1 atom stereocenters. The van der Waals surface area contributed by atoms with E-state index in [0.29, 0.717) is 6.54 Å². The third kappa shape index (κ3) is 2.63. The predicted octanol–water partition coefficient (Wildman–Crippen LogP) is 5.20. The van der Waals surface area contributed by atoms with Crippen molar-refractivity contribution in [3.05, 3.63) is 107 Å². The molecule has 138 valence electrons. The molecule has 0 saturated carbocycles. The van der Waals surface area contributed by atoms with Crippen LogP contribution in [-0.2, 0) is 6.54 Å². The van der Waals surface area contributed by atoms with Gasteiger partial charge < -0.3 is 9.47 Å². The number of fused-ring (bicyclic) bond motifs is 2. The summed E-state index contributed by atoms with van der Waals surface area (Å²) in [6, 6.07) is 26.6. The third-order valence-corrected chi connectivity index (χ3v) is 5.80. The van der Waals surface area contributed by atoms with Gasteiger partial charge in [0.2, 0.25) is 0 Å². The van der Waals surface area contributed by atoms with Crippen LogP contribution in [0.5, 0.6) is 0 Å². The second-order valence-corrected chi connectivity index (χ2v) is 7.41. The summed E-state index contributed by atoms with van der Waals surface area (Å²) in [5.41, 5.74) is 4.35. The number of rotatable bonds is 2. The van der Waals surface area contributed by atoms with Gasteiger partial charge in [0.25, 0.3) is 5.91 Å². The van der Waals surface area contributed by atoms with Gasteiger partial charge in [-0.15, -0.1) is 0 Å². The van der Waals surface area contributed by atoms with Crippen LogP contribution in [0.4, 0.5) is 0 Å². The lowest BCUT2D eigenvalue weighted by molar-refractivity contribution is 0.0665. The van der Waals surface area contributed by atoms with Crippen LogP contribution >= 0.6 is 0 Å². The Kier molecular flexibility index (Phi) is 4.01. The number of carbonyl (C=O) groups excluding carboxylic acids is 1. The highest BCUT2D eigenvalue weighted by molar-refractivity contribution is 6.07. The van der Waals surface area contributed by atoms with Crippen molar-refractivity contribution in [1.82, 2.24) is 9.47 Å². The van der Waals surface area contributed by atoms with Crippen LogP contribution in [-0.4, -0.2) is 21.9 Å². The Hall–Kier alpha value is -3.33. The van der Waals surface area contributed by atoms with Crippen LogP contribution in [0.3, 0.4) is 0 Å². The first-order valence-electron chi connectivity index (χ1n) is 9.73. The first-order chi connectivity index (χ1) is 13.7. The molecule has 0 spiro atoms. The summed E-state index contributed by atoms with van der Waals surface area (Å²) in [6.45, 7) is 3.64. The van der Waals surface area contributed by atoms with E-state index in [4.69, 9.17) is 0 Å². The first-order valence-corrected chi connectivity index (χ1v) is 9.73. The normalized spacial score (nSPS) is 16.2. The molecule has 3 nitrogen and oxygen atoms in total. The van der Waals surface area contributed by atoms with E-state index in [0.717, 1.165) is 22.9 Å². The van der Waals surface area contributed by atoms with Crippen LogP contribution in [0.1, 0.15) is 33.2 Å². The van der Waals surface area contributed by atoms with Gasteiger partial charge in [0.1, 0.15) is 0 Å². The molecule has 0 fully saturated rings. The number of carbonyl (C=O) groups is 1. The largest absolute Gasteiger partial charge is 0.348 e. The van der Waals surface area contributed by atoms with Crippen LogP contribution in [0, 0.1) is 6.92 Å². The highest BCUT2D eigenvalue weighted by Crippen LogP contribution is 2.35. The second-order valence-electron chi connectivity index (χ2n) is 7.41. The van der Waals surface area contributed by atoms with Crippen molar-refractivity contribution in [2.75, 3.05) is 6.54 Å². The maximum Gasteiger partial charge on any atom is 0.255 e. The maximum atomic E-state index is 13.8. The predicted molar refractivity (Wildman–Crippen MR) is 112 cm³/mol. The first kappa shape index (κ1) is 16.8. The number of hydrogen-bond acceptors (Lipinski definition) is 1. The molecule has 2 heterocycles. The molecular formula is C25H22N2O. The SMILES string of the molecule is Cc1ccccc1C1c2cccn2CCN1C(=O)c1cccc2ccccc12. The lowest BCUT2D eigenvalue weighted by Gasteiger charge is -2.38. The molecular weight excluding hydrogens is 344 g/mol. The van der Waals surface area contributed by atoms with Gasteiger partial charge in [0.15, 0.2) is 0 Å². The molecule has 28 heavy (non-hydrogen) atoms. The summed E-state index contributed by atoms with van der Waals surface area (Å²) in [4.78, 5) is 15.8. The molecule has 0 radical (unpaired) electrons. The van der Waals surface area contributed by atoms with Gasteiger partial charge in [0.05, 0.1) is 6.04 Å². The molecule has 3 aromatic carbocycles. The minimum absolute atomic E-state index is 0.0728. The summed E-state index contributed by atoms with van der Waals surface area (Å²) in [5.74, 6) is 0.0949. The van der Waals surface area contributed by atoms with Gasteiger partial charge in [-0.05, 0) is 47.0 Å². The molecule has 1 aromatic heterocycles. The van der Waals surface area contributed by atoms with E-state index < -0.39 is 0 Å². The standard InChI is InChI=1S/C25H22N2O/c1-18-8-2-4-11-20(18)24-23-14-7-15-26(23)16-17-27(24)25(28)22-13-6-10-19-9-3-5-12-21(19)22/h2-15,24H,16-17H2,1H3. The van der Waals surface area contributed by atoms with Gasteiger partial charge >= 0.3 is 0 Å². The van der Waals surface area contributed by atoms with Crippen LogP contribution in [0.2, 0.25) is 0 Å². The van der Waals surface area contributed by atoms with Crippen molar-refractivity contribution >= 4 is 16.7 Å². The van der Waals surface area contributed by atoms with Gasteiger partial charge in [0, 0.05) is 30.5 Å². The molecule has 3 heteroatoms. The number of aromatic nitrogens is 1. The molecule has 1 unspecified atom stereocenters. The number of amides is 1. The Balaban J connectivity index is 1.65. The maximum absolute atomic E-state index is 13.8. The van der Waals surface area contributed by atoms with Crippen molar-refractivity contribution in [1.29, 1.82) is 0 Å². The van der Waals surface area contributed by atoms with Gasteiger partial charge in [-0.3, -0.25) is 4.79 Å². The minimum atomic E-state index is -0.0728. The number of hydrogen-bond donors (Lipinski definition) is 0. The second kappa shape index (κ2) is 6.68. The minimum Gasteiger partial charge on any atom is -0.348 e. The Labute approximate surface area is 164 Å². The number of nitrogens with zero attached hydrogens (tertiary/aromatic N) is 2. The molecule has 0 aliphatic carbocycles. The summed E-state index contributed by atoms with van der Waals surface area (Å²) in [6.07, 6.45) is 2.11. The van der Waals surface area contributed by atoms with E-state index in [2.05, 4.69) is 66.2 Å². The van der Waals surface area contributed by atoms with Crippen molar-refractivity contribution in [3.8, 4) is 0 Å². The van der Waals surface area contributed by atoms with Crippen LogP contribution < -0.4 is 0 Å². The van der Waals surface area contributed by atoms with E-state index in [1.54, 1.807) is 0 Å². The van der Waals surface area contributed by atoms with E-state index in [1.807, 2.05) is 35.2 Å². The molecule has 0 N–H and O–H groups in total. The molecule has 0 saturated heterocycles. The number of benzene rings is 3. The van der Waals surface area contributed by atoms with Crippen LogP contribution in [0.25, 0.3) is 10.8 Å². The van der Waals surface area contributed by atoms with Crippen molar-refractivity contribution in [3.63, 3.8) is 0 Å². The zero-order chi connectivity index (χ0) is 19.1. The van der Waals surface area contributed by atoms with E-state index in [1.165, 1.54) is 16.8 Å². The van der Waals surface area contributed by atoms with E-state index in [-0.39, 0.29) is 11.9 Å². The quantitative estimate of drug-likeness (QED) is 0.479. The Bertz CT molecular complexity index is 1170. The Morgan fingerprint density at radius 3 is 2.54 bits per heavy atom. The monoisotopic (exact) mass is 366 g/mol. The van der Waals surface area contributed by atoms with Crippen molar-refractivity contribution in [2.45, 2.75) is 19.5 Å². The number of aryl methyl sites for hydroxylation is 1. The molecule has 1 aliphatic heterocycles. The third-order valence-electron chi connectivity index (χ3n) is 5.80. The van der Waals surface area contributed by atoms with Crippen molar-refractivity contribution < 1.29 is 4.79 Å². The Morgan fingerprint density at radius 2 is 1.64 bits per heavy atom. The summed E-state index contributed by atoms with van der Waals surface area (Å²) >= 11 is 0. The van der Waals surface area contributed by atoms with E-state index >= 15 is 0 Å². The molecule has 0 bridgehead atoms. The fourth-order valence-electron chi connectivity index (χ4n) is 4.39. The lowest BCUT2D eigenvalue weighted by atomic mass is 9.94. The Morgan fingerprint density at radius 1 is 0.857 bits per heavy atom. The fraction of sp³-hybridized carbons (Fsp3) is 0.160. The van der Waals surface area contributed by atoms with Gasteiger partial charge in [-0.2, -0.15) is 0 Å². The average Bonchev–Trinajstić information content (AvgIpc) is 3.21. The summed E-state index contributed by atoms with van der Waals surface area (Å²) in [5, 5.41) is 2.11. The van der Waals surface area contributed by atoms with E-state index in [9.17, 15) is 4.79 Å². The summed E-state index contributed by atoms with van der Waals surface area (Å²) < 4.78 is 2.27. The highest BCUT2D eigenvalue weighted by atomic mass is 16.2. The molecule has 1 aliphatic rings. The zero-order valence-corrected chi connectivity index (χ0v) is 15.9. The molecule has 5 rings (SSSR count). The highest BCUT2D eigenvalue weighted by Gasteiger charge is 2.33. The zero-order valence-electron chi connectivity index (χ0n) is 15.9. The average molecular weight is 366 g/mol. The molecule has 1 amide bonds. The fourth-order valence-corrected chi connectivity index (χ4v) is 4.39. The molecule has 4 aromatic rings. The van der Waals surface area contributed by atoms with Crippen LogP contribution in [0.15, 0.2) is 85.1 Å².